The van der Waals surface area contributed by atoms with E-state index >= 15 is 0 Å². The molecular weight excluding hydrogens is 553 g/mol. The molecule has 218 valence electrons. The predicted molar refractivity (Wildman–Crippen MR) is 149 cm³/mol. The largest absolute Gasteiger partial charge is 0.476 e. The summed E-state index contributed by atoms with van der Waals surface area (Å²) in [5, 5.41) is 16.6. The second-order valence-corrected chi connectivity index (χ2v) is 12.1. The summed E-state index contributed by atoms with van der Waals surface area (Å²) >= 11 is 0. The minimum Gasteiger partial charge on any atom is -0.476 e. The van der Waals surface area contributed by atoms with E-state index in [2.05, 4.69) is 15.3 Å². The zero-order valence-electron chi connectivity index (χ0n) is 22.8. The van der Waals surface area contributed by atoms with Gasteiger partial charge in [-0.1, -0.05) is 19.4 Å². The number of carbonyl (C=O) groups excluding carboxylic acids is 1. The maximum Gasteiger partial charge on any atom is 0.356 e. The first-order valence-electron chi connectivity index (χ1n) is 13.5. The summed E-state index contributed by atoms with van der Waals surface area (Å²) in [5.41, 5.74) is 0.305. The summed E-state index contributed by atoms with van der Waals surface area (Å²) in [7, 11) is -4.10. The van der Waals surface area contributed by atoms with Crippen molar-refractivity contribution in [1.82, 2.24) is 19.0 Å². The topological polar surface area (TPSA) is 134 Å². The van der Waals surface area contributed by atoms with Crippen molar-refractivity contribution in [1.29, 1.82) is 0 Å². The van der Waals surface area contributed by atoms with Crippen LogP contribution >= 0.6 is 0 Å². The fourth-order valence-corrected chi connectivity index (χ4v) is 6.46. The third-order valence-electron chi connectivity index (χ3n) is 7.61. The average Bonchev–Trinajstić information content (AvgIpc) is 3.24. The summed E-state index contributed by atoms with van der Waals surface area (Å²) in [6.45, 7) is 5.98. The van der Waals surface area contributed by atoms with Gasteiger partial charge in [-0.05, 0) is 62.7 Å². The van der Waals surface area contributed by atoms with E-state index in [1.165, 1.54) is 47.6 Å². The number of halogens is 1. The first-order chi connectivity index (χ1) is 19.6. The van der Waals surface area contributed by atoms with Gasteiger partial charge in [-0.25, -0.2) is 17.6 Å². The Morgan fingerprint density at radius 2 is 1.85 bits per heavy atom. The molecule has 2 aromatic carbocycles. The number of nitrogens with one attached hydrogen (secondary N) is 1. The second-order valence-electron chi connectivity index (χ2n) is 10.2. The molecule has 0 atom stereocenters. The molecular formula is C28H32FN5O6S. The van der Waals surface area contributed by atoms with Crippen LogP contribution in [0.1, 0.15) is 42.2 Å². The highest BCUT2D eigenvalue weighted by Gasteiger charge is 2.33. The molecule has 2 N–H and O–H groups in total. The molecule has 2 aliphatic rings. The lowest BCUT2D eigenvalue weighted by Gasteiger charge is -2.33. The Labute approximate surface area is 237 Å². The summed E-state index contributed by atoms with van der Waals surface area (Å²) < 4.78 is 50.7. The van der Waals surface area contributed by atoms with Crippen LogP contribution in [0, 0.1) is 18.7 Å². The summed E-state index contributed by atoms with van der Waals surface area (Å²) in [6.07, 6.45) is 2.55. The number of ether oxygens (including phenoxy) is 1. The highest BCUT2D eigenvalue weighted by atomic mass is 32.2. The van der Waals surface area contributed by atoms with E-state index in [9.17, 15) is 27.5 Å². The number of aromatic carboxylic acids is 1. The zero-order valence-corrected chi connectivity index (χ0v) is 23.7. The third-order valence-corrected chi connectivity index (χ3v) is 9.53. The molecule has 1 amide bonds. The number of benzene rings is 2. The number of hydrogen-bond acceptors (Lipinski definition) is 7. The second kappa shape index (κ2) is 11.6. The van der Waals surface area contributed by atoms with Gasteiger partial charge in [-0.15, -0.1) is 0 Å². The third kappa shape index (κ3) is 5.83. The van der Waals surface area contributed by atoms with Crippen LogP contribution in [0.3, 0.4) is 0 Å². The standard InChI is InChI=1S/C28H32FN5O6S/c1-3-32-12-14-33(15-13-32)41(38,39)24-17-21(30-26(35)19-6-4-7-19)10-11-23(24)40-27-18(2)25(28(36)37)31-34(27)22-9-5-8-20(29)16-22/h5,8-11,16-17,19H,3-4,6-7,12-15H2,1-2H3,(H,30,35)(H,36,37). The molecule has 1 saturated heterocycles. The lowest BCUT2D eigenvalue weighted by atomic mass is 9.85. The number of aromatic nitrogens is 2. The normalized spacial score (nSPS) is 16.8. The van der Waals surface area contributed by atoms with Gasteiger partial charge in [0.25, 0.3) is 0 Å². The van der Waals surface area contributed by atoms with Crippen molar-refractivity contribution in [3.05, 3.63) is 59.5 Å². The van der Waals surface area contributed by atoms with Gasteiger partial charge in [0.15, 0.2) is 5.69 Å². The Morgan fingerprint density at radius 3 is 2.46 bits per heavy atom. The molecule has 5 rings (SSSR count). The van der Waals surface area contributed by atoms with Gasteiger partial charge in [-0.3, -0.25) is 4.79 Å². The van der Waals surface area contributed by atoms with Crippen LogP contribution in [0.2, 0.25) is 0 Å². The molecule has 0 unspecified atom stereocenters. The van der Waals surface area contributed by atoms with Crippen LogP contribution in [0.25, 0.3) is 5.69 Å². The van der Waals surface area contributed by atoms with Gasteiger partial charge in [-0.2, -0.15) is 14.1 Å². The molecule has 0 spiro atoms. The van der Waals surface area contributed by atoms with E-state index in [1.54, 1.807) is 0 Å². The van der Waals surface area contributed by atoms with E-state index in [4.69, 9.17) is 4.74 Å². The summed E-state index contributed by atoms with van der Waals surface area (Å²) in [4.78, 5) is 26.5. The first-order valence-corrected chi connectivity index (χ1v) is 15.0. The van der Waals surface area contributed by atoms with Crippen LogP contribution < -0.4 is 10.1 Å². The Kier molecular flexibility index (Phi) is 8.11. The lowest BCUT2D eigenvalue weighted by Crippen LogP contribution is -2.48. The Bertz CT molecular complexity index is 1580. The van der Waals surface area contributed by atoms with E-state index in [0.29, 0.717) is 18.8 Å². The molecule has 11 nitrogen and oxygen atoms in total. The number of anilines is 1. The van der Waals surface area contributed by atoms with Crippen LogP contribution in [0.4, 0.5) is 10.1 Å². The monoisotopic (exact) mass is 585 g/mol. The summed E-state index contributed by atoms with van der Waals surface area (Å²) in [5.74, 6) is -2.33. The number of likely N-dealkylation sites (N-methyl/N-ethyl adjacent to an activating group) is 1. The quantitative estimate of drug-likeness (QED) is 0.387. The highest BCUT2D eigenvalue weighted by Crippen LogP contribution is 2.37. The molecule has 13 heteroatoms. The number of nitrogens with zero attached hydrogens (tertiary/aromatic N) is 4. The lowest BCUT2D eigenvalue weighted by molar-refractivity contribution is -0.122. The number of piperazine rings is 1. The van der Waals surface area contributed by atoms with E-state index < -0.39 is 21.8 Å². The Balaban J connectivity index is 1.58. The maximum absolute atomic E-state index is 14.1. The highest BCUT2D eigenvalue weighted by molar-refractivity contribution is 7.89. The fourth-order valence-electron chi connectivity index (χ4n) is 4.90. The Morgan fingerprint density at radius 1 is 1.12 bits per heavy atom. The van der Waals surface area contributed by atoms with Crippen molar-refractivity contribution in [3.8, 4) is 17.3 Å². The fraction of sp³-hybridized carbons (Fsp3) is 0.393. The molecule has 2 fully saturated rings. The van der Waals surface area contributed by atoms with Crippen LogP contribution in [-0.2, 0) is 14.8 Å². The molecule has 41 heavy (non-hydrogen) atoms. The minimum absolute atomic E-state index is 0.0773. The molecule has 0 bridgehead atoms. The number of carbonyl (C=O) groups is 2. The van der Waals surface area contributed by atoms with Crippen molar-refractivity contribution >= 4 is 27.6 Å². The van der Waals surface area contributed by atoms with Crippen molar-refractivity contribution in [2.24, 2.45) is 5.92 Å². The number of rotatable bonds is 9. The van der Waals surface area contributed by atoms with Gasteiger partial charge in [0.05, 0.1) is 5.69 Å². The molecule has 2 heterocycles. The SMILES string of the molecule is CCN1CCN(S(=O)(=O)c2cc(NC(=O)C3CCC3)ccc2Oc2c(C)c(C(=O)O)nn2-c2cccc(F)c2)CC1. The van der Waals surface area contributed by atoms with Crippen LogP contribution in [-0.4, -0.2) is 77.1 Å². The van der Waals surface area contributed by atoms with Crippen molar-refractivity contribution < 1.29 is 32.2 Å². The molecule has 1 aliphatic heterocycles. The number of sulfonamides is 1. The number of carboxylic acids is 1. The van der Waals surface area contributed by atoms with E-state index in [-0.39, 0.29) is 58.4 Å². The number of amides is 1. The van der Waals surface area contributed by atoms with Crippen molar-refractivity contribution in [2.45, 2.75) is 38.0 Å². The number of hydrogen-bond donors (Lipinski definition) is 2. The van der Waals surface area contributed by atoms with Crippen LogP contribution in [0.5, 0.6) is 11.6 Å². The van der Waals surface area contributed by atoms with Crippen LogP contribution in [0.15, 0.2) is 47.4 Å². The maximum atomic E-state index is 14.1. The minimum atomic E-state index is -4.10. The molecule has 1 saturated carbocycles. The average molecular weight is 586 g/mol. The predicted octanol–water partition coefficient (Wildman–Crippen LogP) is 3.88. The molecule has 0 radical (unpaired) electrons. The van der Waals surface area contributed by atoms with Crippen molar-refractivity contribution in [3.63, 3.8) is 0 Å². The van der Waals surface area contributed by atoms with Gasteiger partial charge in [0, 0.05) is 43.3 Å². The molecule has 1 aliphatic carbocycles. The van der Waals surface area contributed by atoms with E-state index in [0.717, 1.165) is 36.6 Å². The van der Waals surface area contributed by atoms with Gasteiger partial charge in [0.2, 0.25) is 21.8 Å². The van der Waals surface area contributed by atoms with Gasteiger partial charge < -0.3 is 20.1 Å². The zero-order chi connectivity index (χ0) is 29.3. The summed E-state index contributed by atoms with van der Waals surface area (Å²) in [6, 6.07) is 9.69. The van der Waals surface area contributed by atoms with Crippen molar-refractivity contribution in [2.75, 3.05) is 38.0 Å². The van der Waals surface area contributed by atoms with Gasteiger partial charge in [0.1, 0.15) is 16.5 Å². The number of carboxylic acid groups (broad SMARTS) is 1. The van der Waals surface area contributed by atoms with E-state index in [1.807, 2.05) is 6.92 Å². The van der Waals surface area contributed by atoms with Gasteiger partial charge >= 0.3 is 5.97 Å². The first kappa shape index (κ1) is 28.7. The molecule has 1 aromatic heterocycles. The smallest absolute Gasteiger partial charge is 0.356 e. The Hall–Kier alpha value is -3.81. The molecule has 3 aromatic rings.